The number of carbonyl (C=O) groups is 4. The Morgan fingerprint density at radius 1 is 0.593 bits per heavy atom. The van der Waals surface area contributed by atoms with Gasteiger partial charge in [-0.3, -0.25) is 24.3 Å². The van der Waals surface area contributed by atoms with Crippen LogP contribution < -0.4 is 39.6 Å². The van der Waals surface area contributed by atoms with Crippen molar-refractivity contribution in [2.75, 3.05) is 32.6 Å². The number of hydrogen-bond donors (Lipinski definition) is 7. The van der Waals surface area contributed by atoms with Gasteiger partial charge < -0.3 is 49.9 Å². The summed E-state index contributed by atoms with van der Waals surface area (Å²) in [5, 5.41) is 43.3. The minimum absolute atomic E-state index is 0. The van der Waals surface area contributed by atoms with Gasteiger partial charge in [-0.25, -0.2) is 53.7 Å². The molecule has 2 aromatic carbocycles. The van der Waals surface area contributed by atoms with Gasteiger partial charge in [0.25, 0.3) is 5.91 Å². The Hall–Kier alpha value is -10.4. The Bertz CT molecular complexity index is 6450. The molecule has 0 fully saturated rings. The van der Waals surface area contributed by atoms with Crippen molar-refractivity contribution in [3.05, 3.63) is 312 Å². The Kier molecular flexibility index (Phi) is 45.2. The molecule has 0 saturated heterocycles. The number of methoxy groups -OCH3 is 2. The summed E-state index contributed by atoms with van der Waals surface area (Å²) < 4.78 is 163. The van der Waals surface area contributed by atoms with Gasteiger partial charge in [-0.2, -0.15) is 48.3 Å². The zero-order chi connectivity index (χ0) is 98.1. The number of carbonyl (C=O) groups excluding carboxylic acids is 4. The number of aliphatic hydroxyl groups is 2. The van der Waals surface area contributed by atoms with Crippen molar-refractivity contribution in [2.45, 2.75) is 109 Å². The molecule has 0 aliphatic carbocycles. The Morgan fingerprint density at radius 3 is 1.57 bits per heavy atom. The first-order valence-corrected chi connectivity index (χ1v) is 46.6. The van der Waals surface area contributed by atoms with Crippen molar-refractivity contribution in [1.29, 1.82) is 0 Å². The average Bonchev–Trinajstić information content (AvgIpc) is 1.60. The maximum Gasteiger partial charge on any atom is 1.00 e. The molecule has 0 spiro atoms. The summed E-state index contributed by atoms with van der Waals surface area (Å²) in [5.74, 6) is -1.74. The number of benzene rings is 2. The maximum absolute atomic E-state index is 13.1. The molecule has 13 aromatic heterocycles. The van der Waals surface area contributed by atoms with E-state index in [0.717, 1.165) is 60.2 Å². The van der Waals surface area contributed by atoms with Crippen molar-refractivity contribution in [2.24, 2.45) is 0 Å². The number of alkyl halides is 9. The molecule has 0 radical (unpaired) electrons. The Balaban J connectivity index is 0.000000321. The van der Waals surface area contributed by atoms with Crippen LogP contribution in [0.1, 0.15) is 132 Å². The van der Waals surface area contributed by atoms with Crippen LogP contribution in [-0.4, -0.2) is 147 Å². The zero-order valence-electron chi connectivity index (χ0n) is 72.2. The summed E-state index contributed by atoms with van der Waals surface area (Å²) in [7, 11) is 8.14. The quantitative estimate of drug-likeness (QED) is 0.00728. The number of fused-ring (bicyclic) bond motifs is 6. The summed E-state index contributed by atoms with van der Waals surface area (Å²) in [4.78, 5) is 91.2. The summed E-state index contributed by atoms with van der Waals surface area (Å²) in [5.41, 5.74) is 1.23. The monoisotopic (exact) mass is 2230 g/mol. The molecule has 135 heavy (non-hydrogen) atoms. The summed E-state index contributed by atoms with van der Waals surface area (Å²) in [6, 6.07) is 43.8. The minimum atomic E-state index is -4.56. The fourth-order valence-electron chi connectivity index (χ4n) is 13.8. The van der Waals surface area contributed by atoms with E-state index in [4.69, 9.17) is 19.1 Å². The van der Waals surface area contributed by atoms with Crippen molar-refractivity contribution >= 4 is 186 Å². The molecule has 1 aliphatic rings. The number of hydrogen-bond acceptors (Lipinski definition) is 21. The minimum Gasteiger partial charge on any atom is -0.870 e. The number of aromatic nitrogens is 13. The van der Waals surface area contributed by atoms with Crippen LogP contribution in [0, 0.1) is 22.0 Å². The fraction of sp³-hybridized carbons (Fsp3) is 0.241. The standard InChI is InChI=1S/C18H27BrN2O2Si.C15H8BrF3N2O.C9H7BrN2O2.C8H5F3N2O.C8H5F3N2.C8H9FN2O3.C8H10N2O.C7H5BrO.C5H4FN.CH4.Cl2OS.Na.H2O/c1-11(2)24(12(3)4,13(5)6)21-10-15(18(22)23-7)14-8-9-16(19)20-17(14)21;16-12-7-6-10-11(15(17,18)19)8-21(13(10)20-12)14(22)9-4-2-1-3-5-9;1-14-9(13)6-4-11-8-5(6)2-3-7(10)12-8;9-8(10,11)6-4-12-7-5(6)2-1-3-13(7)14;9-8(10,11)6-4-13-7-5(6)2-1-3-12-7;1-8(12,5-11(13)14)6-3-2-4-10-7(6)9;1-8(11)5-10-7-6(8)3-2-4-9-7;8-7(9)6-4-2-1-3-5-6;6-5-3-1-2-4-7-5;;1-4(2)3;;/h8-13H,1-7H3;1-8H;2-4H,1H3,(H,11,12);1-4,14H;1-4H,(H,12,13);2-4,12H,5H2,1H3;2-4,11H,5H2,1H3,(H,9,10);1-5H;1-4H;1H4;;;1H2/q;;;;;;;;;;;+1;. The van der Waals surface area contributed by atoms with Crippen LogP contribution in [0.25, 0.3) is 55.2 Å². The number of aromatic amines is 3. The van der Waals surface area contributed by atoms with Gasteiger partial charge in [0.2, 0.25) is 32.4 Å². The molecular formula is C87H86Br4Cl2F11N15NaO13SSi+. The van der Waals surface area contributed by atoms with Gasteiger partial charge in [0.05, 0.1) is 41.9 Å². The van der Waals surface area contributed by atoms with E-state index in [1.807, 2.05) is 54.7 Å². The molecule has 15 aromatic rings. The summed E-state index contributed by atoms with van der Waals surface area (Å²) in [6.45, 7) is 16.6. The predicted molar refractivity (Wildman–Crippen MR) is 501 cm³/mol. The first kappa shape index (κ1) is 117. The number of ether oxygens (including phenoxy) is 2. The van der Waals surface area contributed by atoms with E-state index in [1.54, 1.807) is 80.0 Å². The maximum atomic E-state index is 13.1. The van der Waals surface area contributed by atoms with E-state index in [2.05, 4.69) is 186 Å². The van der Waals surface area contributed by atoms with Gasteiger partial charge in [0, 0.05) is 126 Å². The van der Waals surface area contributed by atoms with Crippen LogP contribution in [0.4, 0.5) is 54.1 Å². The first-order valence-electron chi connectivity index (χ1n) is 38.5. The molecule has 0 bridgehead atoms. The van der Waals surface area contributed by atoms with Gasteiger partial charge in [-0.1, -0.05) is 114 Å². The number of anilines is 1. The third kappa shape index (κ3) is 31.8. The van der Waals surface area contributed by atoms with Gasteiger partial charge in [0.1, 0.15) is 65.8 Å². The number of esters is 2. The smallest absolute Gasteiger partial charge is 0.870 e. The van der Waals surface area contributed by atoms with E-state index in [1.165, 1.54) is 101 Å². The molecule has 14 heterocycles. The number of rotatable bonds is 11. The molecule has 28 nitrogen and oxygen atoms in total. The van der Waals surface area contributed by atoms with Gasteiger partial charge >= 0.3 is 65.7 Å². The second kappa shape index (κ2) is 52.2. The van der Waals surface area contributed by atoms with Crippen LogP contribution in [-0.2, 0) is 48.4 Å². The molecule has 8 N–H and O–H groups in total. The van der Waals surface area contributed by atoms with Gasteiger partial charge in [-0.05, 0) is 197 Å². The molecule has 48 heteroatoms. The van der Waals surface area contributed by atoms with Crippen LogP contribution in [0.5, 0.6) is 0 Å². The van der Waals surface area contributed by atoms with E-state index >= 15 is 0 Å². The predicted octanol–water partition coefficient (Wildman–Crippen LogP) is 19.9. The SMILES string of the molecule is C.CC(O)(C[N+](=O)[O-])c1cccnc1F.CC1(O)CNc2ncccc21.COC(=O)c1c[nH]c2nc(Br)ccc12.COC(=O)c1cn([Si](C(C)C)(C(C)C)C(C)C)c2nc(Br)ccc12.FC(F)(F)c1c[nH]c2ncccc12.Fc1ccccn1.O=C(Br)c1ccccc1.O=C(c1ccccc1)n1cc(C(F)(F)F)c2ccc(Br)nc21.O=S(Cl)Cl.O[n+]1cccc2c(C(F)(F)F)c[nH]c21.[Na+].[OH-]. The van der Waals surface area contributed by atoms with Crippen molar-refractivity contribution in [1.82, 2.24) is 58.6 Å². The average molecular weight is 2230 g/mol. The number of nitrogens with one attached hydrogen (secondary N) is 4. The number of nitrogens with zero attached hydrogens (tertiary/aromatic N) is 11. The zero-order valence-corrected chi connectivity index (χ0v) is 83.9. The Morgan fingerprint density at radius 2 is 1.07 bits per heavy atom. The van der Waals surface area contributed by atoms with Crippen LogP contribution in [0.3, 0.4) is 0 Å². The summed E-state index contributed by atoms with van der Waals surface area (Å²) >= 11 is 12.7. The third-order valence-corrected chi connectivity index (χ3v) is 27.9. The number of nitro groups is 1. The topological polar surface area (TPSA) is 401 Å². The van der Waals surface area contributed by atoms with Crippen molar-refractivity contribution in [3.63, 3.8) is 0 Å². The molecule has 0 saturated carbocycles. The third-order valence-electron chi connectivity index (χ3n) is 19.4. The van der Waals surface area contributed by atoms with Crippen molar-refractivity contribution in [3.8, 4) is 0 Å². The van der Waals surface area contributed by atoms with Crippen LogP contribution in [0.2, 0.25) is 16.6 Å². The van der Waals surface area contributed by atoms with Crippen molar-refractivity contribution < 1.29 is 141 Å². The second-order valence-corrected chi connectivity index (χ2v) is 40.5. The molecular weight excluding hydrogens is 2150 g/mol. The molecule has 716 valence electrons. The van der Waals surface area contributed by atoms with Gasteiger partial charge in [-0.15, -0.1) is 0 Å². The number of halogens is 17. The number of pyridine rings is 8. The Labute approximate surface area is 832 Å². The van der Waals surface area contributed by atoms with Gasteiger partial charge in [0.15, 0.2) is 13.8 Å². The second-order valence-electron chi connectivity index (χ2n) is 29.1. The van der Waals surface area contributed by atoms with E-state index in [0.29, 0.717) is 54.8 Å². The van der Waals surface area contributed by atoms with Crippen LogP contribution in [0.15, 0.2) is 240 Å². The fourth-order valence-corrected chi connectivity index (χ4v) is 21.5. The van der Waals surface area contributed by atoms with E-state index in [-0.39, 0.29) is 103 Å². The molecule has 0 amide bonds. The normalized spacial score (nSPS) is 12.8. The van der Waals surface area contributed by atoms with Crippen LogP contribution >= 0.6 is 85.1 Å². The first-order chi connectivity index (χ1) is 61.9. The summed E-state index contributed by atoms with van der Waals surface area (Å²) in [6.07, 6.45) is -0.127. The number of H-pyrrole nitrogens is 3. The molecule has 2 unspecified atom stereocenters. The molecule has 2 atom stereocenters. The van der Waals surface area contributed by atoms with E-state index < -0.39 is 93.2 Å². The molecule has 16 rings (SSSR count). The number of β-amino-alcohol motifs (C(OH)–C–C–N with tert-alkyl or cyclic N) is 1. The van der Waals surface area contributed by atoms with E-state index in [9.17, 15) is 87.8 Å². The largest absolute Gasteiger partial charge is 1.00 e. The molecule has 1 aliphatic heterocycles.